The maximum atomic E-state index is 4.26. The number of hydrogen-bond donors (Lipinski definition) is 1. The third kappa shape index (κ3) is 2.98. The molecule has 0 radical (unpaired) electrons. The molecule has 1 aliphatic rings. The third-order valence-corrected chi connectivity index (χ3v) is 3.18. The summed E-state index contributed by atoms with van der Waals surface area (Å²) in [5.74, 6) is 1.92. The van der Waals surface area contributed by atoms with E-state index in [-0.39, 0.29) is 0 Å². The molecule has 1 aliphatic carbocycles. The molecule has 0 aliphatic heterocycles. The molecule has 0 saturated heterocycles. The van der Waals surface area contributed by atoms with Gasteiger partial charge in [0.1, 0.15) is 0 Å². The van der Waals surface area contributed by atoms with E-state index in [2.05, 4.69) is 31.5 Å². The molecule has 0 amide bonds. The molecule has 0 aromatic heterocycles. The molecule has 1 nitrogen and oxygen atoms in total. The van der Waals surface area contributed by atoms with Crippen LogP contribution in [0.4, 0.5) is 0 Å². The summed E-state index contributed by atoms with van der Waals surface area (Å²) in [6.45, 7) is 3.52. The zero-order chi connectivity index (χ0) is 8.97. The van der Waals surface area contributed by atoms with Crippen molar-refractivity contribution in [3.63, 3.8) is 0 Å². The smallest absolute Gasteiger partial charge is 0.00950 e. The van der Waals surface area contributed by atoms with Gasteiger partial charge >= 0.3 is 0 Å². The molecule has 2 atom stereocenters. The van der Waals surface area contributed by atoms with Crippen LogP contribution < -0.4 is 0 Å². The summed E-state index contributed by atoms with van der Waals surface area (Å²) in [6, 6.07) is 0.834. The highest BCUT2D eigenvalue weighted by Gasteiger charge is 2.21. The molecule has 1 rings (SSSR count). The topological polar surface area (TPSA) is 3.24 Å². The van der Waals surface area contributed by atoms with Crippen LogP contribution in [0.15, 0.2) is 0 Å². The average molecular weight is 187 g/mol. The number of rotatable bonds is 3. The minimum atomic E-state index is 0.834. The van der Waals surface area contributed by atoms with E-state index in [9.17, 15) is 0 Å². The predicted molar refractivity (Wildman–Crippen MR) is 57.9 cm³/mol. The van der Waals surface area contributed by atoms with Crippen LogP contribution in [0.5, 0.6) is 0 Å². The molecular weight excluding hydrogens is 166 g/mol. The van der Waals surface area contributed by atoms with E-state index in [1.807, 2.05) is 0 Å². The summed E-state index contributed by atoms with van der Waals surface area (Å²) < 4.78 is 0. The SMILES string of the molecule is CC1CCCC(N(C)CCS)C1. The first kappa shape index (κ1) is 10.4. The van der Waals surface area contributed by atoms with E-state index in [0.717, 1.165) is 24.3 Å². The first-order valence-electron chi connectivity index (χ1n) is 5.05. The summed E-state index contributed by atoms with van der Waals surface area (Å²) in [6.07, 6.45) is 5.65. The van der Waals surface area contributed by atoms with E-state index in [0.29, 0.717) is 0 Å². The fraction of sp³-hybridized carbons (Fsp3) is 1.00. The fourth-order valence-corrected chi connectivity index (χ4v) is 2.46. The van der Waals surface area contributed by atoms with Crippen LogP contribution in [0.2, 0.25) is 0 Å². The molecule has 0 aromatic rings. The first-order chi connectivity index (χ1) is 5.74. The summed E-state index contributed by atoms with van der Waals surface area (Å²) in [5, 5.41) is 0. The molecule has 2 unspecified atom stereocenters. The zero-order valence-electron chi connectivity index (χ0n) is 8.29. The summed E-state index contributed by atoms with van der Waals surface area (Å²) in [5.41, 5.74) is 0. The quantitative estimate of drug-likeness (QED) is 0.664. The average Bonchev–Trinajstić information content (AvgIpc) is 2.05. The number of nitrogens with zero attached hydrogens (tertiary/aromatic N) is 1. The summed E-state index contributed by atoms with van der Waals surface area (Å²) in [7, 11) is 2.24. The van der Waals surface area contributed by atoms with E-state index in [1.165, 1.54) is 25.7 Å². The van der Waals surface area contributed by atoms with Gasteiger partial charge in [-0.25, -0.2) is 0 Å². The molecule has 0 aromatic carbocycles. The molecule has 1 fully saturated rings. The van der Waals surface area contributed by atoms with Crippen LogP contribution in [0.1, 0.15) is 32.6 Å². The van der Waals surface area contributed by atoms with Crippen molar-refractivity contribution in [3.05, 3.63) is 0 Å². The van der Waals surface area contributed by atoms with Crippen molar-refractivity contribution in [1.29, 1.82) is 0 Å². The normalized spacial score (nSPS) is 31.0. The second-order valence-corrected chi connectivity index (χ2v) is 4.58. The van der Waals surface area contributed by atoms with Gasteiger partial charge < -0.3 is 4.90 Å². The van der Waals surface area contributed by atoms with Crippen LogP contribution >= 0.6 is 12.6 Å². The number of thiol groups is 1. The molecular formula is C10H21NS. The lowest BCUT2D eigenvalue weighted by Gasteiger charge is -2.33. The van der Waals surface area contributed by atoms with Crippen molar-refractivity contribution in [1.82, 2.24) is 4.90 Å². The lowest BCUT2D eigenvalue weighted by atomic mass is 9.86. The van der Waals surface area contributed by atoms with Crippen molar-refractivity contribution in [3.8, 4) is 0 Å². The van der Waals surface area contributed by atoms with Gasteiger partial charge in [-0.05, 0) is 25.8 Å². The van der Waals surface area contributed by atoms with Gasteiger partial charge in [-0.2, -0.15) is 12.6 Å². The molecule has 0 spiro atoms. The Hall–Kier alpha value is 0.310. The lowest BCUT2D eigenvalue weighted by Crippen LogP contribution is -2.36. The van der Waals surface area contributed by atoms with E-state index >= 15 is 0 Å². The van der Waals surface area contributed by atoms with Gasteiger partial charge in [0.2, 0.25) is 0 Å². The lowest BCUT2D eigenvalue weighted by molar-refractivity contribution is 0.172. The van der Waals surface area contributed by atoms with Crippen molar-refractivity contribution in [2.75, 3.05) is 19.3 Å². The van der Waals surface area contributed by atoms with E-state index < -0.39 is 0 Å². The highest BCUT2D eigenvalue weighted by Crippen LogP contribution is 2.26. The second-order valence-electron chi connectivity index (χ2n) is 4.13. The Labute approximate surface area is 81.9 Å². The Morgan fingerprint density at radius 1 is 1.42 bits per heavy atom. The van der Waals surface area contributed by atoms with Crippen molar-refractivity contribution < 1.29 is 0 Å². The Bertz CT molecular complexity index is 127. The van der Waals surface area contributed by atoms with Crippen LogP contribution in [-0.4, -0.2) is 30.3 Å². The molecule has 2 heteroatoms. The molecule has 12 heavy (non-hydrogen) atoms. The molecule has 72 valence electrons. The Morgan fingerprint density at radius 3 is 2.75 bits per heavy atom. The van der Waals surface area contributed by atoms with Gasteiger partial charge in [0.05, 0.1) is 0 Å². The zero-order valence-corrected chi connectivity index (χ0v) is 9.19. The Morgan fingerprint density at radius 2 is 2.17 bits per heavy atom. The van der Waals surface area contributed by atoms with Crippen molar-refractivity contribution in [2.45, 2.75) is 38.6 Å². The fourth-order valence-electron chi connectivity index (χ4n) is 2.14. The van der Waals surface area contributed by atoms with Crippen molar-refractivity contribution >= 4 is 12.6 Å². The van der Waals surface area contributed by atoms with Gasteiger partial charge in [-0.1, -0.05) is 19.8 Å². The monoisotopic (exact) mass is 187 g/mol. The van der Waals surface area contributed by atoms with E-state index in [1.54, 1.807) is 0 Å². The Balaban J connectivity index is 2.29. The highest BCUT2D eigenvalue weighted by molar-refractivity contribution is 7.80. The largest absolute Gasteiger partial charge is 0.303 e. The Kier molecular flexibility index (Phi) is 4.44. The third-order valence-electron chi connectivity index (χ3n) is 2.98. The number of hydrogen-bond acceptors (Lipinski definition) is 2. The molecule has 1 saturated carbocycles. The van der Waals surface area contributed by atoms with Crippen LogP contribution in [0.25, 0.3) is 0 Å². The molecule has 0 heterocycles. The van der Waals surface area contributed by atoms with Gasteiger partial charge in [0.15, 0.2) is 0 Å². The van der Waals surface area contributed by atoms with Crippen LogP contribution in [0, 0.1) is 5.92 Å². The standard InChI is InChI=1S/C10H21NS/c1-9-4-3-5-10(8-9)11(2)6-7-12/h9-10,12H,3-8H2,1-2H3. The van der Waals surface area contributed by atoms with Crippen LogP contribution in [0.3, 0.4) is 0 Å². The molecule has 0 N–H and O–H groups in total. The minimum absolute atomic E-state index is 0.834. The summed E-state index contributed by atoms with van der Waals surface area (Å²) in [4.78, 5) is 2.47. The first-order valence-corrected chi connectivity index (χ1v) is 5.68. The van der Waals surface area contributed by atoms with E-state index in [4.69, 9.17) is 0 Å². The van der Waals surface area contributed by atoms with Gasteiger partial charge in [0.25, 0.3) is 0 Å². The summed E-state index contributed by atoms with van der Waals surface area (Å²) >= 11 is 4.26. The second kappa shape index (κ2) is 5.13. The van der Waals surface area contributed by atoms with Crippen LogP contribution in [-0.2, 0) is 0 Å². The predicted octanol–water partition coefficient (Wildman–Crippen LogP) is 2.43. The maximum Gasteiger partial charge on any atom is 0.00950 e. The highest BCUT2D eigenvalue weighted by atomic mass is 32.1. The minimum Gasteiger partial charge on any atom is -0.303 e. The van der Waals surface area contributed by atoms with Gasteiger partial charge in [-0.15, -0.1) is 0 Å². The molecule has 0 bridgehead atoms. The van der Waals surface area contributed by atoms with Gasteiger partial charge in [0, 0.05) is 18.3 Å². The van der Waals surface area contributed by atoms with Gasteiger partial charge in [-0.3, -0.25) is 0 Å². The maximum absolute atomic E-state index is 4.26. The van der Waals surface area contributed by atoms with Crippen molar-refractivity contribution in [2.24, 2.45) is 5.92 Å².